The van der Waals surface area contributed by atoms with Gasteiger partial charge in [-0.05, 0) is 32.1 Å². The molecular formula is C37H73N2+. The predicted octanol–water partition coefficient (Wildman–Crippen LogP) is 12.3. The molecule has 0 spiro atoms. The molecule has 0 aliphatic heterocycles. The van der Waals surface area contributed by atoms with Crippen LogP contribution in [-0.2, 0) is 19.5 Å². The smallest absolute Gasteiger partial charge is 0.234 e. The normalized spacial score (nSPS) is 11.6. The van der Waals surface area contributed by atoms with E-state index in [1.165, 1.54) is 199 Å². The summed E-state index contributed by atoms with van der Waals surface area (Å²) in [7, 11) is 0. The van der Waals surface area contributed by atoms with Crippen LogP contribution < -0.4 is 4.57 Å². The van der Waals surface area contributed by atoms with E-state index in [2.05, 4.69) is 42.3 Å². The minimum atomic E-state index is 1.23. The third kappa shape index (κ3) is 21.6. The van der Waals surface area contributed by atoms with Gasteiger partial charge in [0.2, 0.25) is 0 Å². The highest BCUT2D eigenvalue weighted by Crippen LogP contribution is 2.15. The molecule has 39 heavy (non-hydrogen) atoms. The first-order valence-electron chi connectivity index (χ1n) is 18.4. The summed E-state index contributed by atoms with van der Waals surface area (Å²) >= 11 is 0. The van der Waals surface area contributed by atoms with Crippen LogP contribution in [0.25, 0.3) is 0 Å². The molecule has 0 radical (unpaired) electrons. The molecule has 0 fully saturated rings. The minimum Gasteiger partial charge on any atom is -0.234 e. The van der Waals surface area contributed by atoms with E-state index in [0.29, 0.717) is 0 Å². The molecule has 0 saturated carbocycles. The summed E-state index contributed by atoms with van der Waals surface area (Å²) in [6.07, 6.45) is 45.9. The van der Waals surface area contributed by atoms with E-state index in [4.69, 9.17) is 0 Å². The van der Waals surface area contributed by atoms with Crippen molar-refractivity contribution in [1.82, 2.24) is 4.57 Å². The fourth-order valence-corrected chi connectivity index (χ4v) is 6.15. The molecule has 0 unspecified atom stereocenters. The van der Waals surface area contributed by atoms with E-state index in [-0.39, 0.29) is 0 Å². The van der Waals surface area contributed by atoms with Crippen LogP contribution in [0.5, 0.6) is 0 Å². The first-order valence-corrected chi connectivity index (χ1v) is 18.4. The van der Waals surface area contributed by atoms with Gasteiger partial charge in [-0.25, -0.2) is 9.13 Å². The molecule has 230 valence electrons. The number of hydrogen-bond acceptors (Lipinski definition) is 0. The zero-order valence-corrected chi connectivity index (χ0v) is 27.5. The van der Waals surface area contributed by atoms with Crippen LogP contribution in [0.1, 0.15) is 206 Å². The average molecular weight is 546 g/mol. The summed E-state index contributed by atoms with van der Waals surface area (Å²) in [5, 5.41) is 0. The second kappa shape index (κ2) is 28.7. The first-order chi connectivity index (χ1) is 19.3. The van der Waals surface area contributed by atoms with E-state index >= 15 is 0 Å². The molecule has 0 aliphatic rings. The van der Waals surface area contributed by atoms with Crippen molar-refractivity contribution in [3.8, 4) is 0 Å². The van der Waals surface area contributed by atoms with Crippen molar-refractivity contribution in [3.63, 3.8) is 0 Å². The predicted molar refractivity (Wildman–Crippen MR) is 175 cm³/mol. The quantitative estimate of drug-likeness (QED) is 0.0648. The summed E-state index contributed by atoms with van der Waals surface area (Å²) in [6.45, 7) is 9.39. The van der Waals surface area contributed by atoms with Crippen molar-refractivity contribution in [2.75, 3.05) is 0 Å². The Labute approximate surface area is 247 Å². The summed E-state index contributed by atoms with van der Waals surface area (Å²) in [6, 6.07) is 0. The Balaban J connectivity index is 2.28. The van der Waals surface area contributed by atoms with Gasteiger partial charge < -0.3 is 0 Å². The highest BCUT2D eigenvalue weighted by atomic mass is 15.1. The summed E-state index contributed by atoms with van der Waals surface area (Å²) in [5.74, 6) is 1.62. The van der Waals surface area contributed by atoms with E-state index in [0.717, 1.165) is 0 Å². The van der Waals surface area contributed by atoms with Crippen LogP contribution >= 0.6 is 0 Å². The Morgan fingerprint density at radius 1 is 0.436 bits per heavy atom. The van der Waals surface area contributed by atoms with Crippen LogP contribution in [0.4, 0.5) is 0 Å². The maximum atomic E-state index is 2.62. The van der Waals surface area contributed by atoms with Gasteiger partial charge >= 0.3 is 0 Å². The zero-order chi connectivity index (χ0) is 28.1. The molecule has 1 aromatic heterocycles. The highest BCUT2D eigenvalue weighted by molar-refractivity contribution is 4.84. The molecular weight excluding hydrogens is 472 g/mol. The SMILES string of the molecule is CCCCCCCCCCCCCCCc1n(CCCCCCCCCCC)cc[n+]1CCCCCCCC. The Hall–Kier alpha value is -0.790. The van der Waals surface area contributed by atoms with Gasteiger partial charge in [-0.1, -0.05) is 168 Å². The molecule has 0 bridgehead atoms. The number of hydrogen-bond donors (Lipinski definition) is 0. The van der Waals surface area contributed by atoms with Crippen molar-refractivity contribution in [2.45, 2.75) is 220 Å². The van der Waals surface area contributed by atoms with E-state index < -0.39 is 0 Å². The number of aryl methyl sites for hydroxylation is 2. The fraction of sp³-hybridized carbons (Fsp3) is 0.919. The van der Waals surface area contributed by atoms with E-state index in [9.17, 15) is 0 Å². The molecule has 0 aromatic carbocycles. The lowest BCUT2D eigenvalue weighted by molar-refractivity contribution is -0.704. The lowest BCUT2D eigenvalue weighted by Crippen LogP contribution is -2.37. The molecule has 0 N–H and O–H groups in total. The van der Waals surface area contributed by atoms with Crippen LogP contribution in [0.2, 0.25) is 0 Å². The monoisotopic (exact) mass is 546 g/mol. The molecule has 1 aromatic rings. The molecule has 0 aliphatic carbocycles. The van der Waals surface area contributed by atoms with Gasteiger partial charge in [0.15, 0.2) is 0 Å². The second-order valence-corrected chi connectivity index (χ2v) is 12.7. The van der Waals surface area contributed by atoms with E-state index in [1.807, 2.05) is 0 Å². The Kier molecular flexibility index (Phi) is 26.7. The number of rotatable bonds is 31. The first kappa shape index (κ1) is 36.2. The van der Waals surface area contributed by atoms with Crippen LogP contribution in [0.15, 0.2) is 12.4 Å². The Morgan fingerprint density at radius 3 is 1.23 bits per heavy atom. The minimum absolute atomic E-state index is 1.23. The molecule has 0 saturated heterocycles. The van der Waals surface area contributed by atoms with Crippen molar-refractivity contribution in [3.05, 3.63) is 18.2 Å². The van der Waals surface area contributed by atoms with E-state index in [1.54, 1.807) is 5.82 Å². The lowest BCUT2D eigenvalue weighted by Gasteiger charge is -2.07. The molecule has 2 heteroatoms. The maximum Gasteiger partial charge on any atom is 0.256 e. The van der Waals surface area contributed by atoms with Gasteiger partial charge in [-0.3, -0.25) is 0 Å². The van der Waals surface area contributed by atoms with Crippen molar-refractivity contribution in [2.24, 2.45) is 0 Å². The van der Waals surface area contributed by atoms with Gasteiger partial charge in [-0.15, -0.1) is 0 Å². The number of aromatic nitrogens is 2. The van der Waals surface area contributed by atoms with Crippen LogP contribution in [0, 0.1) is 0 Å². The number of nitrogens with zero attached hydrogens (tertiary/aromatic N) is 2. The summed E-state index contributed by atoms with van der Waals surface area (Å²) in [5.41, 5.74) is 0. The van der Waals surface area contributed by atoms with Crippen LogP contribution in [-0.4, -0.2) is 4.57 Å². The largest absolute Gasteiger partial charge is 0.256 e. The Bertz CT molecular complexity index is 605. The maximum absolute atomic E-state index is 2.62. The summed E-state index contributed by atoms with van der Waals surface area (Å²) in [4.78, 5) is 0. The standard InChI is InChI=1S/C37H73N2/c1-4-7-10-13-16-18-19-20-21-22-24-26-29-32-37-38(33-30-27-15-12-9-6-3)35-36-39(37)34-31-28-25-23-17-14-11-8-5-2/h35-36H,4-34H2,1-3H3/q+1. The molecule has 0 amide bonds. The van der Waals surface area contributed by atoms with Crippen molar-refractivity contribution < 1.29 is 4.57 Å². The third-order valence-electron chi connectivity index (χ3n) is 8.85. The number of unbranched alkanes of at least 4 members (excludes halogenated alkanes) is 25. The fourth-order valence-electron chi connectivity index (χ4n) is 6.15. The van der Waals surface area contributed by atoms with Gasteiger partial charge in [0, 0.05) is 6.42 Å². The van der Waals surface area contributed by atoms with Gasteiger partial charge in [0.05, 0.1) is 13.1 Å². The Morgan fingerprint density at radius 2 is 0.795 bits per heavy atom. The molecule has 0 atom stereocenters. The lowest BCUT2D eigenvalue weighted by atomic mass is 10.0. The summed E-state index contributed by atoms with van der Waals surface area (Å²) < 4.78 is 5.24. The van der Waals surface area contributed by atoms with Crippen LogP contribution in [0.3, 0.4) is 0 Å². The molecule has 1 heterocycles. The highest BCUT2D eigenvalue weighted by Gasteiger charge is 2.16. The van der Waals surface area contributed by atoms with Gasteiger partial charge in [0.1, 0.15) is 12.4 Å². The topological polar surface area (TPSA) is 8.81 Å². The third-order valence-corrected chi connectivity index (χ3v) is 8.85. The van der Waals surface area contributed by atoms with Gasteiger partial charge in [-0.2, -0.15) is 0 Å². The van der Waals surface area contributed by atoms with Gasteiger partial charge in [0.25, 0.3) is 5.82 Å². The number of imidazole rings is 1. The average Bonchev–Trinajstić information content (AvgIpc) is 3.33. The molecule has 1 rings (SSSR count). The molecule has 2 nitrogen and oxygen atoms in total. The van der Waals surface area contributed by atoms with Crippen molar-refractivity contribution in [1.29, 1.82) is 0 Å². The zero-order valence-electron chi connectivity index (χ0n) is 27.5. The second-order valence-electron chi connectivity index (χ2n) is 12.7. The van der Waals surface area contributed by atoms with Crippen molar-refractivity contribution >= 4 is 0 Å².